The van der Waals surface area contributed by atoms with Gasteiger partial charge in [-0.25, -0.2) is 9.18 Å². The number of nitrogens with one attached hydrogen (secondary N) is 1. The van der Waals surface area contributed by atoms with E-state index in [9.17, 15) is 14.0 Å². The highest BCUT2D eigenvalue weighted by Gasteiger charge is 2.12. The van der Waals surface area contributed by atoms with Crippen LogP contribution in [0.5, 0.6) is 0 Å². The molecule has 0 spiro atoms. The Balaban J connectivity index is 1.86. The molecule has 0 unspecified atom stereocenters. The summed E-state index contributed by atoms with van der Waals surface area (Å²) in [6.45, 7) is 2.23. The number of aromatic nitrogens is 3. The number of carbonyl (C=O) groups is 2. The van der Waals surface area contributed by atoms with Gasteiger partial charge in [-0.15, -0.1) is 10.2 Å². The normalized spacial score (nSPS) is 10.6. The number of benzene rings is 1. The predicted octanol–water partition coefficient (Wildman–Crippen LogP) is 0.862. The SMILES string of the molecule is Cc1nnc(CCNC(=O)Cc2ccc(C(=O)O)c(F)c2)n1C. The van der Waals surface area contributed by atoms with E-state index in [-0.39, 0.29) is 12.3 Å². The van der Waals surface area contributed by atoms with Crippen LogP contribution in [0.15, 0.2) is 18.2 Å². The fourth-order valence-corrected chi connectivity index (χ4v) is 2.07. The van der Waals surface area contributed by atoms with Gasteiger partial charge < -0.3 is 15.0 Å². The lowest BCUT2D eigenvalue weighted by Gasteiger charge is -2.06. The van der Waals surface area contributed by atoms with Gasteiger partial charge >= 0.3 is 5.97 Å². The van der Waals surface area contributed by atoms with Crippen molar-refractivity contribution in [2.45, 2.75) is 19.8 Å². The van der Waals surface area contributed by atoms with Gasteiger partial charge in [0.15, 0.2) is 0 Å². The van der Waals surface area contributed by atoms with Gasteiger partial charge in [0, 0.05) is 20.0 Å². The van der Waals surface area contributed by atoms with Crippen LogP contribution < -0.4 is 5.32 Å². The van der Waals surface area contributed by atoms with Crippen LogP contribution in [0.2, 0.25) is 0 Å². The van der Waals surface area contributed by atoms with Crippen LogP contribution in [0.3, 0.4) is 0 Å². The van der Waals surface area contributed by atoms with E-state index in [1.54, 1.807) is 0 Å². The quantitative estimate of drug-likeness (QED) is 0.823. The van der Waals surface area contributed by atoms with Crippen LogP contribution in [-0.4, -0.2) is 38.3 Å². The number of carboxylic acids is 1. The largest absolute Gasteiger partial charge is 0.478 e. The maximum absolute atomic E-state index is 13.5. The van der Waals surface area contributed by atoms with E-state index in [4.69, 9.17) is 5.11 Å². The second-order valence-electron chi connectivity index (χ2n) is 5.12. The predicted molar refractivity (Wildman–Crippen MR) is 79.5 cm³/mol. The summed E-state index contributed by atoms with van der Waals surface area (Å²) >= 11 is 0. The molecule has 0 aliphatic heterocycles. The van der Waals surface area contributed by atoms with Crippen molar-refractivity contribution in [2.24, 2.45) is 7.05 Å². The zero-order valence-corrected chi connectivity index (χ0v) is 12.8. The number of halogens is 1. The molecule has 23 heavy (non-hydrogen) atoms. The zero-order valence-electron chi connectivity index (χ0n) is 12.8. The number of hydrogen-bond donors (Lipinski definition) is 2. The highest BCUT2D eigenvalue weighted by Crippen LogP contribution is 2.11. The Hall–Kier alpha value is -2.77. The standard InChI is InChI=1S/C15H17FN4O3/c1-9-18-19-13(20(9)2)5-6-17-14(21)8-10-3-4-11(15(22)23)12(16)7-10/h3-4,7H,5-6,8H2,1-2H3,(H,17,21)(H,22,23). The average Bonchev–Trinajstić information content (AvgIpc) is 2.79. The Morgan fingerprint density at radius 3 is 2.65 bits per heavy atom. The van der Waals surface area contributed by atoms with Gasteiger partial charge in [-0.2, -0.15) is 0 Å². The first kappa shape index (κ1) is 16.6. The Labute approximate surface area is 132 Å². The number of amides is 1. The van der Waals surface area contributed by atoms with Crippen molar-refractivity contribution >= 4 is 11.9 Å². The summed E-state index contributed by atoms with van der Waals surface area (Å²) in [4.78, 5) is 22.6. The summed E-state index contributed by atoms with van der Waals surface area (Å²) in [6, 6.07) is 3.65. The minimum absolute atomic E-state index is 0.0192. The smallest absolute Gasteiger partial charge is 0.338 e. The summed E-state index contributed by atoms with van der Waals surface area (Å²) in [5.74, 6) is -0.902. The van der Waals surface area contributed by atoms with Crippen LogP contribution in [-0.2, 0) is 24.7 Å². The fraction of sp³-hybridized carbons (Fsp3) is 0.333. The van der Waals surface area contributed by atoms with Crippen molar-refractivity contribution in [1.82, 2.24) is 20.1 Å². The van der Waals surface area contributed by atoms with Crippen LogP contribution >= 0.6 is 0 Å². The molecule has 2 N–H and O–H groups in total. The Morgan fingerprint density at radius 1 is 1.35 bits per heavy atom. The Kier molecular flexibility index (Phi) is 5.05. The van der Waals surface area contributed by atoms with E-state index in [1.165, 1.54) is 6.07 Å². The monoisotopic (exact) mass is 320 g/mol. The molecule has 1 aromatic carbocycles. The molecule has 2 rings (SSSR count). The minimum Gasteiger partial charge on any atom is -0.478 e. The number of carboxylic acid groups (broad SMARTS) is 1. The van der Waals surface area contributed by atoms with E-state index in [1.807, 2.05) is 18.5 Å². The molecule has 0 bridgehead atoms. The minimum atomic E-state index is -1.34. The van der Waals surface area contributed by atoms with E-state index in [0.29, 0.717) is 18.5 Å². The van der Waals surface area contributed by atoms with Crippen molar-refractivity contribution in [1.29, 1.82) is 0 Å². The molecule has 0 saturated heterocycles. The fourth-order valence-electron chi connectivity index (χ4n) is 2.07. The van der Waals surface area contributed by atoms with Gasteiger partial charge in [0.2, 0.25) is 5.91 Å². The lowest BCUT2D eigenvalue weighted by atomic mass is 10.1. The molecule has 7 nitrogen and oxygen atoms in total. The van der Waals surface area contributed by atoms with Gasteiger partial charge in [0.1, 0.15) is 17.5 Å². The number of aryl methyl sites for hydroxylation is 1. The molecular formula is C15H17FN4O3. The first-order chi connectivity index (χ1) is 10.9. The topological polar surface area (TPSA) is 97.1 Å². The number of nitrogens with zero attached hydrogens (tertiary/aromatic N) is 3. The first-order valence-electron chi connectivity index (χ1n) is 7.01. The lowest BCUT2D eigenvalue weighted by Crippen LogP contribution is -2.28. The number of aromatic carboxylic acids is 1. The number of hydrogen-bond acceptors (Lipinski definition) is 4. The third-order valence-electron chi connectivity index (χ3n) is 3.48. The molecule has 0 saturated carbocycles. The van der Waals surface area contributed by atoms with E-state index < -0.39 is 17.3 Å². The number of carbonyl (C=O) groups excluding carboxylic acids is 1. The highest BCUT2D eigenvalue weighted by molar-refractivity contribution is 5.88. The zero-order chi connectivity index (χ0) is 17.0. The molecule has 8 heteroatoms. The summed E-state index contributed by atoms with van der Waals surface area (Å²) < 4.78 is 15.4. The van der Waals surface area contributed by atoms with Crippen LogP contribution in [0.4, 0.5) is 4.39 Å². The lowest BCUT2D eigenvalue weighted by molar-refractivity contribution is -0.120. The first-order valence-corrected chi connectivity index (χ1v) is 7.01. The third kappa shape index (κ3) is 4.12. The molecule has 0 radical (unpaired) electrons. The van der Waals surface area contributed by atoms with Crippen LogP contribution in [0.25, 0.3) is 0 Å². The Bertz CT molecular complexity index is 742. The summed E-state index contributed by atoms with van der Waals surface area (Å²) in [5, 5.41) is 19.4. The third-order valence-corrected chi connectivity index (χ3v) is 3.48. The van der Waals surface area contributed by atoms with Gasteiger partial charge in [-0.3, -0.25) is 4.79 Å². The van der Waals surface area contributed by atoms with Gasteiger partial charge in [-0.1, -0.05) is 6.07 Å². The highest BCUT2D eigenvalue weighted by atomic mass is 19.1. The van der Waals surface area contributed by atoms with E-state index in [2.05, 4.69) is 15.5 Å². The van der Waals surface area contributed by atoms with Gasteiger partial charge in [0.05, 0.1) is 12.0 Å². The molecule has 1 heterocycles. The van der Waals surface area contributed by atoms with Gasteiger partial charge in [0.25, 0.3) is 0 Å². The van der Waals surface area contributed by atoms with Crippen LogP contribution in [0.1, 0.15) is 27.6 Å². The molecule has 1 amide bonds. The van der Waals surface area contributed by atoms with Crippen molar-refractivity contribution in [2.75, 3.05) is 6.54 Å². The van der Waals surface area contributed by atoms with E-state index >= 15 is 0 Å². The maximum atomic E-state index is 13.5. The number of rotatable bonds is 6. The Morgan fingerprint density at radius 2 is 2.09 bits per heavy atom. The van der Waals surface area contributed by atoms with Crippen LogP contribution in [0, 0.1) is 12.7 Å². The van der Waals surface area contributed by atoms with Crippen molar-refractivity contribution in [3.63, 3.8) is 0 Å². The average molecular weight is 320 g/mol. The van der Waals surface area contributed by atoms with Crippen molar-refractivity contribution in [3.05, 3.63) is 46.8 Å². The molecular weight excluding hydrogens is 303 g/mol. The molecule has 1 aromatic heterocycles. The summed E-state index contributed by atoms with van der Waals surface area (Å²) in [7, 11) is 1.85. The van der Waals surface area contributed by atoms with Crippen molar-refractivity contribution in [3.8, 4) is 0 Å². The van der Waals surface area contributed by atoms with Gasteiger partial charge in [-0.05, 0) is 24.6 Å². The second-order valence-corrected chi connectivity index (χ2v) is 5.12. The molecule has 0 fully saturated rings. The van der Waals surface area contributed by atoms with Crippen molar-refractivity contribution < 1.29 is 19.1 Å². The molecule has 0 aliphatic rings. The summed E-state index contributed by atoms with van der Waals surface area (Å²) in [6.07, 6.45) is 0.518. The molecule has 0 atom stereocenters. The molecule has 0 aliphatic carbocycles. The summed E-state index contributed by atoms with van der Waals surface area (Å²) in [5.41, 5.74) is 0.00585. The molecule has 122 valence electrons. The molecule has 2 aromatic rings. The maximum Gasteiger partial charge on any atom is 0.338 e. The second kappa shape index (κ2) is 6.99. The van der Waals surface area contributed by atoms with E-state index in [0.717, 1.165) is 23.8 Å².